The molecular weight excluding hydrogens is 162 g/mol. The minimum atomic E-state index is -2.18. The maximum absolute atomic E-state index is 11.8. The zero-order valence-electron chi connectivity index (χ0n) is 7.18. The summed E-state index contributed by atoms with van der Waals surface area (Å²) in [6.45, 7) is 2.33. The van der Waals surface area contributed by atoms with Crippen LogP contribution in [0.15, 0.2) is 0 Å². The van der Waals surface area contributed by atoms with Crippen LogP contribution in [0.2, 0.25) is 0 Å². The molecule has 0 aliphatic carbocycles. The number of hydrogen-bond donors (Lipinski definition) is 1. The fourth-order valence-electron chi connectivity index (χ4n) is 1.61. The Morgan fingerprint density at radius 1 is 1.42 bits per heavy atom. The summed E-state index contributed by atoms with van der Waals surface area (Å²) in [6, 6.07) is 0. The normalized spacial score (nSPS) is 20.0. The van der Waals surface area contributed by atoms with Crippen LogP contribution in [-0.2, 0) is 0 Å². The van der Waals surface area contributed by atoms with Crippen LogP contribution in [0, 0.1) is 5.92 Å². The van der Waals surface area contributed by atoms with Gasteiger partial charge < -0.3 is 5.73 Å². The molecule has 1 heterocycles. The van der Waals surface area contributed by atoms with Gasteiger partial charge >= 0.3 is 0 Å². The Kier molecular flexibility index (Phi) is 3.88. The van der Waals surface area contributed by atoms with Crippen LogP contribution in [0.25, 0.3) is 0 Å². The van der Waals surface area contributed by atoms with Crippen molar-refractivity contribution in [2.75, 3.05) is 26.2 Å². The number of halogens is 2. The molecule has 0 saturated carbocycles. The lowest BCUT2D eigenvalue weighted by Crippen LogP contribution is -2.48. The Labute approximate surface area is 71.7 Å². The quantitative estimate of drug-likeness (QED) is 0.678. The topological polar surface area (TPSA) is 29.3 Å². The fourth-order valence-corrected chi connectivity index (χ4v) is 1.61. The van der Waals surface area contributed by atoms with Gasteiger partial charge in [-0.15, -0.1) is 0 Å². The highest BCUT2D eigenvalue weighted by molar-refractivity contribution is 4.79. The smallest absolute Gasteiger partial charge is 0.251 e. The summed E-state index contributed by atoms with van der Waals surface area (Å²) in [6.07, 6.45) is -0.0656. The van der Waals surface area contributed by atoms with Gasteiger partial charge in [0.15, 0.2) is 0 Å². The van der Waals surface area contributed by atoms with Crippen LogP contribution < -0.4 is 5.73 Å². The van der Waals surface area contributed by atoms with Gasteiger partial charge in [-0.3, -0.25) is 4.90 Å². The van der Waals surface area contributed by atoms with Gasteiger partial charge in [0.1, 0.15) is 0 Å². The van der Waals surface area contributed by atoms with Crippen LogP contribution >= 0.6 is 0 Å². The van der Waals surface area contributed by atoms with Crippen molar-refractivity contribution < 1.29 is 8.78 Å². The van der Waals surface area contributed by atoms with E-state index in [9.17, 15) is 8.78 Å². The van der Waals surface area contributed by atoms with Gasteiger partial charge in [-0.05, 0) is 25.3 Å². The average Bonchev–Trinajstić information content (AvgIpc) is 1.93. The Bertz CT molecular complexity index is 124. The summed E-state index contributed by atoms with van der Waals surface area (Å²) < 4.78 is 23.6. The van der Waals surface area contributed by atoms with E-state index >= 15 is 0 Å². The molecule has 2 nitrogen and oxygen atoms in total. The van der Waals surface area contributed by atoms with E-state index in [4.69, 9.17) is 5.73 Å². The Morgan fingerprint density at radius 2 is 2.08 bits per heavy atom. The average molecular weight is 178 g/mol. The number of likely N-dealkylation sites (tertiary alicyclic amines) is 1. The van der Waals surface area contributed by atoms with Gasteiger partial charge in [-0.2, -0.15) is 0 Å². The molecule has 1 aliphatic heterocycles. The van der Waals surface area contributed by atoms with E-state index in [2.05, 4.69) is 0 Å². The molecule has 0 aromatic rings. The Balaban J connectivity index is 1.96. The first-order valence-electron chi connectivity index (χ1n) is 4.43. The summed E-state index contributed by atoms with van der Waals surface area (Å²) in [4.78, 5) is 1.80. The maximum atomic E-state index is 11.8. The highest BCUT2D eigenvalue weighted by Crippen LogP contribution is 2.20. The van der Waals surface area contributed by atoms with Crippen LogP contribution in [-0.4, -0.2) is 37.5 Å². The standard InChI is InChI=1S/C8H16F2N2/c9-8(10)6-12-4-7(5-12)2-1-3-11/h7-8H,1-6,11H2. The summed E-state index contributed by atoms with van der Waals surface area (Å²) >= 11 is 0. The SMILES string of the molecule is NCCCC1CN(CC(F)F)C1. The Hall–Kier alpha value is -0.220. The molecule has 2 N–H and O–H groups in total. The van der Waals surface area contributed by atoms with Gasteiger partial charge in [-0.1, -0.05) is 0 Å². The summed E-state index contributed by atoms with van der Waals surface area (Å²) in [7, 11) is 0. The minimum absolute atomic E-state index is 0.0564. The number of rotatable bonds is 5. The first-order valence-corrected chi connectivity index (χ1v) is 4.43. The zero-order chi connectivity index (χ0) is 8.97. The van der Waals surface area contributed by atoms with Gasteiger partial charge in [0.05, 0.1) is 6.54 Å². The monoisotopic (exact) mass is 178 g/mol. The highest BCUT2D eigenvalue weighted by Gasteiger charge is 2.27. The molecule has 4 heteroatoms. The molecule has 0 amide bonds. The lowest BCUT2D eigenvalue weighted by atomic mass is 9.95. The molecule has 0 aromatic heterocycles. The first kappa shape index (κ1) is 9.86. The number of alkyl halides is 2. The molecule has 0 aromatic carbocycles. The van der Waals surface area contributed by atoms with Crippen LogP contribution in [0.5, 0.6) is 0 Å². The van der Waals surface area contributed by atoms with E-state index in [1.165, 1.54) is 0 Å². The zero-order valence-corrected chi connectivity index (χ0v) is 7.18. The molecule has 0 unspecified atom stereocenters. The van der Waals surface area contributed by atoms with Crippen molar-refractivity contribution in [2.24, 2.45) is 11.7 Å². The van der Waals surface area contributed by atoms with Crippen molar-refractivity contribution in [3.8, 4) is 0 Å². The largest absolute Gasteiger partial charge is 0.330 e. The van der Waals surface area contributed by atoms with Crippen molar-refractivity contribution >= 4 is 0 Å². The van der Waals surface area contributed by atoms with Crippen molar-refractivity contribution in [3.63, 3.8) is 0 Å². The fraction of sp³-hybridized carbons (Fsp3) is 1.00. The summed E-state index contributed by atoms with van der Waals surface area (Å²) in [5.74, 6) is 0.618. The Morgan fingerprint density at radius 3 is 2.58 bits per heavy atom. The number of hydrogen-bond acceptors (Lipinski definition) is 2. The molecule has 1 rings (SSSR count). The molecule has 12 heavy (non-hydrogen) atoms. The lowest BCUT2D eigenvalue weighted by molar-refractivity contribution is 0.0222. The van der Waals surface area contributed by atoms with E-state index < -0.39 is 6.43 Å². The second-order valence-corrected chi connectivity index (χ2v) is 3.41. The highest BCUT2D eigenvalue weighted by atomic mass is 19.3. The molecule has 0 atom stereocenters. The van der Waals surface area contributed by atoms with Crippen molar-refractivity contribution in [1.82, 2.24) is 4.90 Å². The summed E-state index contributed by atoms with van der Waals surface area (Å²) in [5.41, 5.74) is 5.34. The van der Waals surface area contributed by atoms with E-state index in [-0.39, 0.29) is 6.54 Å². The minimum Gasteiger partial charge on any atom is -0.330 e. The molecule has 0 spiro atoms. The molecule has 1 fully saturated rings. The van der Waals surface area contributed by atoms with Crippen LogP contribution in [0.1, 0.15) is 12.8 Å². The number of nitrogens with zero attached hydrogens (tertiary/aromatic N) is 1. The van der Waals surface area contributed by atoms with Gasteiger partial charge in [0, 0.05) is 13.1 Å². The second kappa shape index (κ2) is 4.72. The first-order chi connectivity index (χ1) is 5.72. The molecule has 1 aliphatic rings. The molecule has 72 valence electrons. The number of nitrogens with two attached hydrogens (primary N) is 1. The van der Waals surface area contributed by atoms with E-state index in [1.54, 1.807) is 4.90 Å². The van der Waals surface area contributed by atoms with Crippen LogP contribution in [0.3, 0.4) is 0 Å². The third kappa shape index (κ3) is 3.03. The molecular formula is C8H16F2N2. The third-order valence-corrected chi connectivity index (χ3v) is 2.25. The van der Waals surface area contributed by atoms with E-state index in [1.807, 2.05) is 0 Å². The predicted octanol–water partition coefficient (Wildman–Crippen LogP) is 0.922. The molecule has 1 saturated heterocycles. The second-order valence-electron chi connectivity index (χ2n) is 3.41. The van der Waals surface area contributed by atoms with Crippen molar-refractivity contribution in [1.29, 1.82) is 0 Å². The molecule has 0 bridgehead atoms. The van der Waals surface area contributed by atoms with Crippen molar-refractivity contribution in [2.45, 2.75) is 19.3 Å². The predicted molar refractivity (Wildman–Crippen MR) is 44.2 cm³/mol. The van der Waals surface area contributed by atoms with Gasteiger partial charge in [-0.25, -0.2) is 8.78 Å². The van der Waals surface area contributed by atoms with E-state index in [0.29, 0.717) is 12.5 Å². The maximum Gasteiger partial charge on any atom is 0.251 e. The molecule has 0 radical (unpaired) electrons. The third-order valence-electron chi connectivity index (χ3n) is 2.25. The lowest BCUT2D eigenvalue weighted by Gasteiger charge is -2.39. The van der Waals surface area contributed by atoms with Crippen LogP contribution in [0.4, 0.5) is 8.78 Å². The van der Waals surface area contributed by atoms with Gasteiger partial charge in [0.25, 0.3) is 6.43 Å². The summed E-state index contributed by atoms with van der Waals surface area (Å²) in [5, 5.41) is 0. The van der Waals surface area contributed by atoms with Crippen molar-refractivity contribution in [3.05, 3.63) is 0 Å². The van der Waals surface area contributed by atoms with E-state index in [0.717, 1.165) is 25.9 Å². The van der Waals surface area contributed by atoms with Gasteiger partial charge in [0.2, 0.25) is 0 Å².